The number of carboxylic acids is 1. The van der Waals surface area contributed by atoms with Gasteiger partial charge in [0.05, 0.1) is 10.5 Å². The number of halogens is 1. The van der Waals surface area contributed by atoms with Gasteiger partial charge in [0.1, 0.15) is 0 Å². The lowest BCUT2D eigenvalue weighted by atomic mass is 10.2. The van der Waals surface area contributed by atoms with Crippen molar-refractivity contribution in [3.63, 3.8) is 0 Å². The number of rotatable bonds is 7. The summed E-state index contributed by atoms with van der Waals surface area (Å²) in [6.45, 7) is 3.52. The molecule has 8 heteroatoms. The summed E-state index contributed by atoms with van der Waals surface area (Å²) in [7, 11) is -3.81. The van der Waals surface area contributed by atoms with Crippen LogP contribution in [0, 0.1) is 0 Å². The van der Waals surface area contributed by atoms with Crippen molar-refractivity contribution in [1.82, 2.24) is 4.31 Å². The predicted molar refractivity (Wildman–Crippen MR) is 81.8 cm³/mol. The van der Waals surface area contributed by atoms with E-state index in [2.05, 4.69) is 15.9 Å². The van der Waals surface area contributed by atoms with Crippen LogP contribution in [0.1, 0.15) is 30.6 Å². The SMILES string of the molecule is CC(C)N(CCCO)S(=O)(=O)c1ccc(Br)c(C(=O)O)c1. The molecule has 1 rings (SSSR count). The Balaban J connectivity index is 3.28. The molecular weight excluding hydrogens is 362 g/mol. The van der Waals surface area contributed by atoms with Crippen LogP contribution >= 0.6 is 15.9 Å². The number of aliphatic hydroxyl groups is 1. The van der Waals surface area contributed by atoms with Crippen LogP contribution < -0.4 is 0 Å². The molecule has 0 atom stereocenters. The molecule has 0 saturated heterocycles. The van der Waals surface area contributed by atoms with Crippen molar-refractivity contribution in [2.75, 3.05) is 13.2 Å². The first-order valence-electron chi connectivity index (χ1n) is 6.37. The van der Waals surface area contributed by atoms with Crippen LogP contribution in [0.15, 0.2) is 27.6 Å². The molecule has 1 aromatic carbocycles. The van der Waals surface area contributed by atoms with E-state index in [1.807, 2.05) is 0 Å². The zero-order valence-electron chi connectivity index (χ0n) is 11.8. The molecule has 0 heterocycles. The Bertz CT molecular complexity index is 615. The fourth-order valence-electron chi connectivity index (χ4n) is 1.85. The van der Waals surface area contributed by atoms with Gasteiger partial charge in [-0.1, -0.05) is 0 Å². The molecule has 0 aliphatic carbocycles. The minimum Gasteiger partial charge on any atom is -0.478 e. The molecule has 0 amide bonds. The van der Waals surface area contributed by atoms with Gasteiger partial charge in [0.25, 0.3) is 0 Å². The number of carbonyl (C=O) groups is 1. The number of carboxylic acid groups (broad SMARTS) is 1. The van der Waals surface area contributed by atoms with Gasteiger partial charge in [0.15, 0.2) is 0 Å². The van der Waals surface area contributed by atoms with E-state index >= 15 is 0 Å². The van der Waals surface area contributed by atoms with Crippen LogP contribution in [-0.4, -0.2) is 48.1 Å². The molecule has 0 radical (unpaired) electrons. The van der Waals surface area contributed by atoms with Crippen molar-refractivity contribution in [1.29, 1.82) is 0 Å². The maximum atomic E-state index is 12.6. The Labute approximate surface area is 132 Å². The quantitative estimate of drug-likeness (QED) is 0.754. The third kappa shape index (κ3) is 4.26. The van der Waals surface area contributed by atoms with E-state index in [-0.39, 0.29) is 29.7 Å². The molecule has 118 valence electrons. The molecular formula is C13H18BrNO5S. The van der Waals surface area contributed by atoms with Crippen molar-refractivity contribution in [2.45, 2.75) is 31.2 Å². The first-order chi connectivity index (χ1) is 9.71. The Kier molecular flexibility index (Phi) is 6.33. The van der Waals surface area contributed by atoms with Crippen LogP contribution in [-0.2, 0) is 10.0 Å². The summed E-state index contributed by atoms with van der Waals surface area (Å²) in [6, 6.07) is 3.61. The monoisotopic (exact) mass is 379 g/mol. The number of aromatic carboxylic acids is 1. The lowest BCUT2D eigenvalue weighted by Crippen LogP contribution is -2.38. The van der Waals surface area contributed by atoms with Gasteiger partial charge < -0.3 is 10.2 Å². The fourth-order valence-corrected chi connectivity index (χ4v) is 3.96. The van der Waals surface area contributed by atoms with Gasteiger partial charge in [-0.15, -0.1) is 0 Å². The van der Waals surface area contributed by atoms with Gasteiger partial charge in [-0.05, 0) is 54.4 Å². The van der Waals surface area contributed by atoms with E-state index in [1.54, 1.807) is 13.8 Å². The number of hydrogen-bond acceptors (Lipinski definition) is 4. The zero-order valence-corrected chi connectivity index (χ0v) is 14.2. The summed E-state index contributed by atoms with van der Waals surface area (Å²) in [5.74, 6) is -1.20. The number of nitrogens with zero attached hydrogens (tertiary/aromatic N) is 1. The molecule has 1 aromatic rings. The van der Waals surface area contributed by atoms with Gasteiger partial charge in [-0.3, -0.25) is 0 Å². The van der Waals surface area contributed by atoms with E-state index in [1.165, 1.54) is 16.4 Å². The van der Waals surface area contributed by atoms with Crippen LogP contribution in [0.25, 0.3) is 0 Å². The Hall–Kier alpha value is -0.960. The molecule has 2 N–H and O–H groups in total. The lowest BCUT2D eigenvalue weighted by Gasteiger charge is -2.25. The summed E-state index contributed by atoms with van der Waals surface area (Å²) < 4.78 is 26.8. The molecule has 0 aliphatic rings. The molecule has 0 aromatic heterocycles. The molecule has 0 aliphatic heterocycles. The Morgan fingerprint density at radius 3 is 2.48 bits per heavy atom. The van der Waals surface area contributed by atoms with E-state index < -0.39 is 16.0 Å². The number of sulfonamides is 1. The molecule has 0 saturated carbocycles. The zero-order chi connectivity index (χ0) is 16.2. The van der Waals surface area contributed by atoms with E-state index in [4.69, 9.17) is 10.2 Å². The van der Waals surface area contributed by atoms with Crippen molar-refractivity contribution < 1.29 is 23.4 Å². The highest BCUT2D eigenvalue weighted by Crippen LogP contribution is 2.24. The third-order valence-electron chi connectivity index (χ3n) is 2.89. The second-order valence-corrected chi connectivity index (χ2v) is 7.48. The molecule has 0 spiro atoms. The third-order valence-corrected chi connectivity index (χ3v) is 5.65. The van der Waals surface area contributed by atoms with Crippen molar-refractivity contribution in [3.05, 3.63) is 28.2 Å². The second-order valence-electron chi connectivity index (χ2n) is 4.73. The average Bonchev–Trinajstić information content (AvgIpc) is 2.38. The topological polar surface area (TPSA) is 94.9 Å². The maximum Gasteiger partial charge on any atom is 0.336 e. The van der Waals surface area contributed by atoms with Crippen LogP contribution in [0.2, 0.25) is 0 Å². The highest BCUT2D eigenvalue weighted by atomic mass is 79.9. The molecule has 6 nitrogen and oxygen atoms in total. The maximum absolute atomic E-state index is 12.6. The number of benzene rings is 1. The summed E-state index contributed by atoms with van der Waals surface area (Å²) in [6.07, 6.45) is 0.319. The highest BCUT2D eigenvalue weighted by molar-refractivity contribution is 9.10. The summed E-state index contributed by atoms with van der Waals surface area (Å²) in [5.41, 5.74) is -0.109. The predicted octanol–water partition coefficient (Wildman–Crippen LogP) is 1.93. The highest BCUT2D eigenvalue weighted by Gasteiger charge is 2.27. The van der Waals surface area contributed by atoms with Crippen LogP contribution in [0.4, 0.5) is 0 Å². The van der Waals surface area contributed by atoms with Gasteiger partial charge in [-0.25, -0.2) is 13.2 Å². The van der Waals surface area contributed by atoms with Crippen molar-refractivity contribution in [3.8, 4) is 0 Å². The van der Waals surface area contributed by atoms with E-state index in [9.17, 15) is 13.2 Å². The second kappa shape index (κ2) is 7.35. The summed E-state index contributed by atoms with van der Waals surface area (Å²) >= 11 is 3.08. The average molecular weight is 380 g/mol. The van der Waals surface area contributed by atoms with Crippen LogP contribution in [0.3, 0.4) is 0 Å². The van der Waals surface area contributed by atoms with Gasteiger partial charge >= 0.3 is 5.97 Å². The molecule has 0 bridgehead atoms. The number of aliphatic hydroxyl groups excluding tert-OH is 1. The summed E-state index contributed by atoms with van der Waals surface area (Å²) in [5, 5.41) is 18.0. The van der Waals surface area contributed by atoms with Gasteiger partial charge in [-0.2, -0.15) is 4.31 Å². The van der Waals surface area contributed by atoms with Crippen LogP contribution in [0.5, 0.6) is 0 Å². The normalized spacial score (nSPS) is 12.1. The molecule has 21 heavy (non-hydrogen) atoms. The Morgan fingerprint density at radius 1 is 1.38 bits per heavy atom. The first kappa shape index (κ1) is 18.1. The van der Waals surface area contributed by atoms with Gasteiger partial charge in [0.2, 0.25) is 10.0 Å². The Morgan fingerprint density at radius 2 is 2.00 bits per heavy atom. The van der Waals surface area contributed by atoms with Crippen molar-refractivity contribution in [2.24, 2.45) is 0 Å². The minimum absolute atomic E-state index is 0.0743. The van der Waals surface area contributed by atoms with E-state index in [0.717, 1.165) is 6.07 Å². The van der Waals surface area contributed by atoms with Crippen molar-refractivity contribution >= 4 is 31.9 Å². The lowest BCUT2D eigenvalue weighted by molar-refractivity contribution is 0.0695. The molecule has 0 fully saturated rings. The smallest absolute Gasteiger partial charge is 0.336 e. The standard InChI is InChI=1S/C13H18BrNO5S/c1-9(2)15(6-3-7-16)21(19,20)10-4-5-12(14)11(8-10)13(17)18/h4-5,8-9,16H,3,6-7H2,1-2H3,(H,17,18). The van der Waals surface area contributed by atoms with Gasteiger partial charge in [0, 0.05) is 23.7 Å². The largest absolute Gasteiger partial charge is 0.478 e. The minimum atomic E-state index is -3.81. The fraction of sp³-hybridized carbons (Fsp3) is 0.462. The molecule has 0 unspecified atom stereocenters. The number of hydrogen-bond donors (Lipinski definition) is 2. The van der Waals surface area contributed by atoms with E-state index in [0.29, 0.717) is 10.9 Å². The summed E-state index contributed by atoms with van der Waals surface area (Å²) in [4.78, 5) is 11.0. The first-order valence-corrected chi connectivity index (χ1v) is 8.60.